The van der Waals surface area contributed by atoms with Gasteiger partial charge in [0.2, 0.25) is 0 Å². The van der Waals surface area contributed by atoms with E-state index >= 15 is 0 Å². The van der Waals surface area contributed by atoms with Gasteiger partial charge in [0.25, 0.3) is 0 Å². The summed E-state index contributed by atoms with van der Waals surface area (Å²) in [6.45, 7) is 18.6. The topological polar surface area (TPSA) is 29.1 Å². The summed E-state index contributed by atoms with van der Waals surface area (Å²) in [6.07, 6.45) is 22.9. The van der Waals surface area contributed by atoms with Crippen molar-refractivity contribution in [3.63, 3.8) is 0 Å². The summed E-state index contributed by atoms with van der Waals surface area (Å²) in [5, 5.41) is 0. The Kier molecular flexibility index (Phi) is 25.5. The van der Waals surface area contributed by atoms with Crippen molar-refractivity contribution in [2.24, 2.45) is 23.7 Å². The minimum absolute atomic E-state index is 0.568. The van der Waals surface area contributed by atoms with Crippen LogP contribution in [0.15, 0.2) is 0 Å². The van der Waals surface area contributed by atoms with Crippen LogP contribution in [0, 0.1) is 23.7 Å². The van der Waals surface area contributed by atoms with E-state index in [0.717, 1.165) is 12.3 Å². The largest absolute Gasteiger partial charge is 0.238 e. The molecule has 38 heavy (non-hydrogen) atoms. The summed E-state index contributed by atoms with van der Waals surface area (Å²) in [5.41, 5.74) is 0. The van der Waals surface area contributed by atoms with Gasteiger partial charge in [0.05, 0.1) is 0 Å². The van der Waals surface area contributed by atoms with Gasteiger partial charge in [-0.1, -0.05) is 170 Å². The highest BCUT2D eigenvalue weighted by Crippen LogP contribution is 2.54. The zero-order valence-electron chi connectivity index (χ0n) is 27.1. The van der Waals surface area contributed by atoms with Crippen LogP contribution in [0.25, 0.3) is 0 Å². The number of hydrogen-bond acceptors (Lipinski definition) is 2. The van der Waals surface area contributed by atoms with Crippen molar-refractivity contribution >= 4 is 35.7 Å². The van der Waals surface area contributed by atoms with Crippen LogP contribution in [-0.2, 0) is 22.4 Å². The van der Waals surface area contributed by atoms with Gasteiger partial charge in [-0.2, -0.15) is 0 Å². The van der Waals surface area contributed by atoms with Crippen molar-refractivity contribution in [1.29, 1.82) is 0 Å². The standard InChI is InChI=1S/C32H69NOP2S2/c1-9-17-21-29(13-5)25-35(26-30(14-6)22-18-10-2)38(34)33-36(37,27-31(15-7)23-19-11-3)28-32(16-8)24-20-12-4/h29-32H,9-28H2,1-8H3,(H,33,37). The molecule has 0 bridgehead atoms. The minimum atomic E-state index is -1.90. The van der Waals surface area contributed by atoms with Crippen LogP contribution in [0.2, 0.25) is 0 Å². The van der Waals surface area contributed by atoms with Crippen LogP contribution in [-0.4, -0.2) is 28.9 Å². The molecular formula is C32H69NOP2S2. The first-order valence-corrected chi connectivity index (χ1v) is 23.4. The first kappa shape index (κ1) is 39.2. The van der Waals surface area contributed by atoms with Crippen LogP contribution >= 0.6 is 13.3 Å². The molecular weight excluding hydrogens is 540 g/mol. The maximum Gasteiger partial charge on any atom is 0.117 e. The molecule has 0 aliphatic carbocycles. The van der Waals surface area contributed by atoms with Crippen LogP contribution in [0.5, 0.6) is 0 Å². The molecule has 5 atom stereocenters. The zero-order chi connectivity index (χ0) is 28.8. The predicted molar refractivity (Wildman–Crippen MR) is 185 cm³/mol. The summed E-state index contributed by atoms with van der Waals surface area (Å²) < 4.78 is 18.2. The lowest BCUT2D eigenvalue weighted by Crippen LogP contribution is -2.25. The molecule has 0 aliphatic rings. The van der Waals surface area contributed by atoms with Crippen molar-refractivity contribution in [2.45, 2.75) is 158 Å². The Bertz CT molecular complexity index is 578. The number of nitrogens with one attached hydrogen (secondary N) is 1. The monoisotopic (exact) mass is 609 g/mol. The number of hydrogen-bond donors (Lipinski definition) is 1. The Balaban J connectivity index is 5.98. The predicted octanol–water partition coefficient (Wildman–Crippen LogP) is 11.9. The normalized spacial score (nSPS) is 18.4. The average Bonchev–Trinajstić information content (AvgIpc) is 2.92. The molecule has 0 fully saturated rings. The van der Waals surface area contributed by atoms with E-state index in [1.54, 1.807) is 0 Å². The van der Waals surface area contributed by atoms with E-state index in [9.17, 15) is 4.21 Å². The lowest BCUT2D eigenvalue weighted by atomic mass is 10.0. The fourth-order valence-electron chi connectivity index (χ4n) is 5.64. The van der Waals surface area contributed by atoms with Crippen molar-refractivity contribution in [3.05, 3.63) is 0 Å². The summed E-state index contributed by atoms with van der Waals surface area (Å²) in [7, 11) is -1.54. The van der Waals surface area contributed by atoms with E-state index < -0.39 is 23.9 Å². The van der Waals surface area contributed by atoms with Crippen molar-refractivity contribution in [1.82, 2.24) is 4.49 Å². The van der Waals surface area contributed by atoms with Crippen LogP contribution in [0.3, 0.4) is 0 Å². The van der Waals surface area contributed by atoms with Gasteiger partial charge in [0.1, 0.15) is 10.6 Å². The van der Waals surface area contributed by atoms with Gasteiger partial charge in [0, 0.05) is 13.3 Å². The van der Waals surface area contributed by atoms with Crippen LogP contribution < -0.4 is 4.49 Å². The van der Waals surface area contributed by atoms with E-state index in [4.69, 9.17) is 11.8 Å². The average molecular weight is 610 g/mol. The SMILES string of the molecule is CCCCC(CC)CP(CC(CC)CCCC)S(=O)NP(=S)(CC(CC)CCCC)CC(CC)CCCC. The highest BCUT2D eigenvalue weighted by molar-refractivity contribution is 8.47. The molecule has 230 valence electrons. The van der Waals surface area contributed by atoms with Gasteiger partial charge in [-0.3, -0.25) is 0 Å². The van der Waals surface area contributed by atoms with Gasteiger partial charge >= 0.3 is 0 Å². The molecule has 6 heteroatoms. The molecule has 2 nitrogen and oxygen atoms in total. The maximum absolute atomic E-state index is 14.4. The third kappa shape index (κ3) is 17.9. The van der Waals surface area contributed by atoms with Gasteiger partial charge in [0.15, 0.2) is 0 Å². The van der Waals surface area contributed by atoms with Gasteiger partial charge in [-0.15, -0.1) is 0 Å². The van der Waals surface area contributed by atoms with E-state index in [1.165, 1.54) is 115 Å². The first-order chi connectivity index (χ1) is 18.3. The lowest BCUT2D eigenvalue weighted by molar-refractivity contribution is 0.483. The Morgan fingerprint density at radius 3 is 1.21 bits per heavy atom. The highest BCUT2D eigenvalue weighted by Gasteiger charge is 2.31. The molecule has 0 rings (SSSR count). The van der Waals surface area contributed by atoms with E-state index in [-0.39, 0.29) is 0 Å². The molecule has 0 aliphatic heterocycles. The lowest BCUT2D eigenvalue weighted by Gasteiger charge is -2.33. The quantitative estimate of drug-likeness (QED) is 0.0939. The molecule has 0 aromatic carbocycles. The number of rotatable bonds is 27. The Labute approximate surface area is 250 Å². The summed E-state index contributed by atoms with van der Waals surface area (Å²) in [5.74, 6) is 2.80. The summed E-state index contributed by atoms with van der Waals surface area (Å²) in [6, 6.07) is 0. The first-order valence-electron chi connectivity index (χ1n) is 16.8. The molecule has 1 N–H and O–H groups in total. The highest BCUT2D eigenvalue weighted by atomic mass is 32.7. The Morgan fingerprint density at radius 1 is 0.605 bits per heavy atom. The van der Waals surface area contributed by atoms with Crippen molar-refractivity contribution in [2.75, 3.05) is 24.6 Å². The third-order valence-electron chi connectivity index (χ3n) is 8.68. The van der Waals surface area contributed by atoms with E-state index in [2.05, 4.69) is 59.9 Å². The van der Waals surface area contributed by atoms with Crippen LogP contribution in [0.4, 0.5) is 0 Å². The van der Waals surface area contributed by atoms with Gasteiger partial charge < -0.3 is 0 Å². The van der Waals surface area contributed by atoms with Gasteiger partial charge in [-0.05, 0) is 48.3 Å². The molecule has 0 aromatic heterocycles. The molecule has 0 radical (unpaired) electrons. The maximum atomic E-state index is 14.4. The molecule has 0 saturated heterocycles. The molecule has 0 amide bonds. The zero-order valence-corrected chi connectivity index (χ0v) is 30.5. The Morgan fingerprint density at radius 2 is 0.921 bits per heavy atom. The van der Waals surface area contributed by atoms with Gasteiger partial charge in [-0.25, -0.2) is 8.70 Å². The minimum Gasteiger partial charge on any atom is -0.238 e. The molecule has 5 unspecified atom stereocenters. The summed E-state index contributed by atoms with van der Waals surface area (Å²) in [4.78, 5) is 0. The third-order valence-corrected chi connectivity index (χ3v) is 19.8. The second-order valence-electron chi connectivity index (χ2n) is 12.1. The van der Waals surface area contributed by atoms with Crippen molar-refractivity contribution in [3.8, 4) is 0 Å². The second kappa shape index (κ2) is 24.8. The number of unbranched alkanes of at least 4 members (excludes halogenated alkanes) is 4. The molecule has 0 spiro atoms. The second-order valence-corrected chi connectivity index (χ2v) is 22.2. The molecule has 0 aromatic rings. The van der Waals surface area contributed by atoms with E-state index in [0.29, 0.717) is 23.7 Å². The smallest absolute Gasteiger partial charge is 0.117 e. The van der Waals surface area contributed by atoms with Crippen molar-refractivity contribution < 1.29 is 4.21 Å². The van der Waals surface area contributed by atoms with Crippen LogP contribution in [0.1, 0.15) is 158 Å². The summed E-state index contributed by atoms with van der Waals surface area (Å²) >= 11 is 6.62. The Hall–Kier alpha value is 1.19. The fourth-order valence-corrected chi connectivity index (χ4v) is 19.9. The molecule has 0 heterocycles. The molecule has 0 saturated carbocycles. The van der Waals surface area contributed by atoms with E-state index in [1.807, 2.05) is 0 Å². The fraction of sp³-hybridized carbons (Fsp3) is 1.00.